The minimum Gasteiger partial charge on any atom is -0.494 e. The molecule has 0 spiro atoms. The molecule has 0 saturated heterocycles. The lowest BCUT2D eigenvalue weighted by molar-refractivity contribution is 0.285. The first kappa shape index (κ1) is 14.2. The standard InChI is InChI=1S/C18H20O2/c1-4-19-15(3)17-7-5-6-8-18(17)20-13-16-11-9-14(2)10-12-16/h5-12H,3-4,13H2,1-2H3. The van der Waals surface area contributed by atoms with Crippen LogP contribution in [-0.2, 0) is 11.3 Å². The molecule has 2 nitrogen and oxygen atoms in total. The summed E-state index contributed by atoms with van der Waals surface area (Å²) in [6.45, 7) is 9.10. The van der Waals surface area contributed by atoms with Gasteiger partial charge in [0.2, 0.25) is 0 Å². The van der Waals surface area contributed by atoms with E-state index in [1.807, 2.05) is 31.2 Å². The Kier molecular flexibility index (Phi) is 4.83. The summed E-state index contributed by atoms with van der Waals surface area (Å²) in [7, 11) is 0. The molecule has 2 aromatic carbocycles. The first-order valence-corrected chi connectivity index (χ1v) is 6.80. The van der Waals surface area contributed by atoms with Gasteiger partial charge in [0.05, 0.1) is 12.2 Å². The van der Waals surface area contributed by atoms with Gasteiger partial charge in [0.1, 0.15) is 18.1 Å². The number of hydrogen-bond acceptors (Lipinski definition) is 2. The van der Waals surface area contributed by atoms with E-state index in [2.05, 4.69) is 37.8 Å². The summed E-state index contributed by atoms with van der Waals surface area (Å²) in [5, 5.41) is 0. The first-order valence-electron chi connectivity index (χ1n) is 6.80. The van der Waals surface area contributed by atoms with Gasteiger partial charge < -0.3 is 9.47 Å². The van der Waals surface area contributed by atoms with Crippen LogP contribution in [0, 0.1) is 6.92 Å². The molecule has 0 heterocycles. The van der Waals surface area contributed by atoms with Crippen molar-refractivity contribution in [3.05, 3.63) is 71.8 Å². The lowest BCUT2D eigenvalue weighted by Crippen LogP contribution is -1.99. The van der Waals surface area contributed by atoms with E-state index >= 15 is 0 Å². The number of hydrogen-bond donors (Lipinski definition) is 0. The van der Waals surface area contributed by atoms with Crippen molar-refractivity contribution >= 4 is 5.76 Å². The molecule has 0 aliphatic rings. The smallest absolute Gasteiger partial charge is 0.130 e. The third-order valence-electron chi connectivity index (χ3n) is 3.02. The predicted molar refractivity (Wildman–Crippen MR) is 82.6 cm³/mol. The molecule has 104 valence electrons. The van der Waals surface area contributed by atoms with Gasteiger partial charge in [0, 0.05) is 0 Å². The van der Waals surface area contributed by atoms with E-state index in [1.165, 1.54) is 5.56 Å². The van der Waals surface area contributed by atoms with Gasteiger partial charge in [-0.1, -0.05) is 48.5 Å². The zero-order valence-electron chi connectivity index (χ0n) is 12.1. The van der Waals surface area contributed by atoms with Crippen LogP contribution < -0.4 is 4.74 Å². The zero-order chi connectivity index (χ0) is 14.4. The van der Waals surface area contributed by atoms with E-state index < -0.39 is 0 Å². The number of aryl methyl sites for hydroxylation is 1. The number of para-hydroxylation sites is 1. The molecular formula is C18H20O2. The monoisotopic (exact) mass is 268 g/mol. The molecule has 0 radical (unpaired) electrons. The molecular weight excluding hydrogens is 248 g/mol. The Morgan fingerprint density at radius 3 is 2.45 bits per heavy atom. The largest absolute Gasteiger partial charge is 0.494 e. The molecule has 2 aromatic rings. The van der Waals surface area contributed by atoms with E-state index in [-0.39, 0.29) is 0 Å². The lowest BCUT2D eigenvalue weighted by Gasteiger charge is -2.13. The average Bonchev–Trinajstić information content (AvgIpc) is 2.47. The third kappa shape index (κ3) is 3.64. The number of ether oxygens (including phenoxy) is 2. The molecule has 20 heavy (non-hydrogen) atoms. The van der Waals surface area contributed by atoms with E-state index in [4.69, 9.17) is 9.47 Å². The average molecular weight is 268 g/mol. The van der Waals surface area contributed by atoms with Crippen LogP contribution in [0.2, 0.25) is 0 Å². The summed E-state index contributed by atoms with van der Waals surface area (Å²) in [4.78, 5) is 0. The van der Waals surface area contributed by atoms with Gasteiger partial charge in [-0.3, -0.25) is 0 Å². The van der Waals surface area contributed by atoms with Crippen LogP contribution >= 0.6 is 0 Å². The fourth-order valence-corrected chi connectivity index (χ4v) is 1.92. The van der Waals surface area contributed by atoms with Crippen molar-refractivity contribution in [2.75, 3.05) is 6.61 Å². The molecule has 0 aliphatic heterocycles. The van der Waals surface area contributed by atoms with Gasteiger partial charge in [-0.25, -0.2) is 0 Å². The van der Waals surface area contributed by atoms with Crippen molar-refractivity contribution in [1.29, 1.82) is 0 Å². The van der Waals surface area contributed by atoms with Gasteiger partial charge >= 0.3 is 0 Å². The van der Waals surface area contributed by atoms with Crippen LogP contribution in [0.15, 0.2) is 55.1 Å². The Bertz CT molecular complexity index is 570. The Morgan fingerprint density at radius 2 is 1.75 bits per heavy atom. The van der Waals surface area contributed by atoms with E-state index in [0.29, 0.717) is 19.0 Å². The molecule has 0 amide bonds. The quantitative estimate of drug-likeness (QED) is 0.714. The van der Waals surface area contributed by atoms with Crippen molar-refractivity contribution in [3.8, 4) is 5.75 Å². The minimum absolute atomic E-state index is 0.538. The van der Waals surface area contributed by atoms with Gasteiger partial charge in [-0.05, 0) is 31.5 Å². The van der Waals surface area contributed by atoms with Crippen molar-refractivity contribution < 1.29 is 9.47 Å². The van der Waals surface area contributed by atoms with Gasteiger partial charge in [-0.2, -0.15) is 0 Å². The van der Waals surface area contributed by atoms with Crippen LogP contribution in [0.1, 0.15) is 23.6 Å². The Balaban J connectivity index is 2.09. The molecule has 0 unspecified atom stereocenters. The lowest BCUT2D eigenvalue weighted by atomic mass is 10.1. The zero-order valence-corrected chi connectivity index (χ0v) is 12.1. The van der Waals surface area contributed by atoms with Crippen molar-refractivity contribution in [1.82, 2.24) is 0 Å². The summed E-state index contributed by atoms with van der Waals surface area (Å²) < 4.78 is 11.4. The van der Waals surface area contributed by atoms with Crippen molar-refractivity contribution in [3.63, 3.8) is 0 Å². The fraction of sp³-hybridized carbons (Fsp3) is 0.222. The molecule has 0 atom stereocenters. The topological polar surface area (TPSA) is 18.5 Å². The van der Waals surface area contributed by atoms with Gasteiger partial charge in [-0.15, -0.1) is 0 Å². The molecule has 0 N–H and O–H groups in total. The van der Waals surface area contributed by atoms with E-state index in [0.717, 1.165) is 16.9 Å². The molecule has 0 aliphatic carbocycles. The highest BCUT2D eigenvalue weighted by atomic mass is 16.5. The first-order chi connectivity index (χ1) is 9.70. The second-order valence-corrected chi connectivity index (χ2v) is 4.63. The maximum atomic E-state index is 5.89. The van der Waals surface area contributed by atoms with Crippen molar-refractivity contribution in [2.24, 2.45) is 0 Å². The van der Waals surface area contributed by atoms with Crippen LogP contribution in [0.25, 0.3) is 5.76 Å². The highest BCUT2D eigenvalue weighted by Crippen LogP contribution is 2.26. The predicted octanol–water partition coefficient (Wildman–Crippen LogP) is 4.58. The van der Waals surface area contributed by atoms with Crippen LogP contribution in [0.5, 0.6) is 5.75 Å². The summed E-state index contributed by atoms with van der Waals surface area (Å²) >= 11 is 0. The van der Waals surface area contributed by atoms with Crippen LogP contribution in [-0.4, -0.2) is 6.61 Å². The number of rotatable bonds is 6. The summed E-state index contributed by atoms with van der Waals surface area (Å²) in [6, 6.07) is 16.1. The minimum atomic E-state index is 0.538. The second-order valence-electron chi connectivity index (χ2n) is 4.63. The van der Waals surface area contributed by atoms with Crippen molar-refractivity contribution in [2.45, 2.75) is 20.5 Å². The Hall–Kier alpha value is -2.22. The Labute approximate surface area is 120 Å². The summed E-state index contributed by atoms with van der Waals surface area (Å²) in [5.74, 6) is 1.44. The highest BCUT2D eigenvalue weighted by molar-refractivity contribution is 5.63. The normalized spacial score (nSPS) is 10.1. The van der Waals surface area contributed by atoms with E-state index in [9.17, 15) is 0 Å². The fourth-order valence-electron chi connectivity index (χ4n) is 1.92. The molecule has 0 saturated carbocycles. The molecule has 2 heteroatoms. The van der Waals surface area contributed by atoms with E-state index in [1.54, 1.807) is 0 Å². The number of benzene rings is 2. The summed E-state index contributed by atoms with van der Waals surface area (Å²) in [5.41, 5.74) is 3.30. The maximum Gasteiger partial charge on any atom is 0.130 e. The molecule has 0 aromatic heterocycles. The maximum absolute atomic E-state index is 5.89. The Morgan fingerprint density at radius 1 is 1.05 bits per heavy atom. The van der Waals surface area contributed by atoms with Gasteiger partial charge in [0.15, 0.2) is 0 Å². The molecule has 0 fully saturated rings. The van der Waals surface area contributed by atoms with Crippen LogP contribution in [0.4, 0.5) is 0 Å². The summed E-state index contributed by atoms with van der Waals surface area (Å²) in [6.07, 6.45) is 0. The third-order valence-corrected chi connectivity index (χ3v) is 3.02. The highest BCUT2D eigenvalue weighted by Gasteiger charge is 2.07. The second kappa shape index (κ2) is 6.80. The molecule has 2 rings (SSSR count). The SMILES string of the molecule is C=C(OCC)c1ccccc1OCc1ccc(C)cc1. The van der Waals surface area contributed by atoms with Crippen LogP contribution in [0.3, 0.4) is 0 Å². The molecule has 0 bridgehead atoms. The van der Waals surface area contributed by atoms with Gasteiger partial charge in [0.25, 0.3) is 0 Å².